The third-order valence-corrected chi connectivity index (χ3v) is 2.67. The van der Waals surface area contributed by atoms with Crippen molar-refractivity contribution in [1.82, 2.24) is 5.32 Å². The largest absolute Gasteiger partial charge is 0.355 e. The van der Waals surface area contributed by atoms with E-state index >= 15 is 0 Å². The smallest absolute Gasteiger partial charge is 0.147 e. The Morgan fingerprint density at radius 1 is 1.09 bits per heavy atom. The molecule has 0 aliphatic carbocycles. The summed E-state index contributed by atoms with van der Waals surface area (Å²) in [5.74, 6) is 0. The van der Waals surface area contributed by atoms with Crippen molar-refractivity contribution in [2.45, 2.75) is 24.9 Å². The summed E-state index contributed by atoms with van der Waals surface area (Å²) in [4.78, 5) is 0. The fourth-order valence-corrected chi connectivity index (χ4v) is 1.83. The van der Waals surface area contributed by atoms with Crippen LogP contribution in [0.15, 0.2) is 0 Å². The summed E-state index contributed by atoms with van der Waals surface area (Å²) in [7, 11) is 0. The monoisotopic (exact) mass is 157 g/mol. The van der Waals surface area contributed by atoms with Crippen molar-refractivity contribution in [2.24, 2.45) is 0 Å². The molecule has 1 spiro atoms. The van der Waals surface area contributed by atoms with Crippen LogP contribution >= 0.6 is 0 Å². The topological polar surface area (TPSA) is 30.5 Å². The van der Waals surface area contributed by atoms with Crippen molar-refractivity contribution < 1.29 is 9.47 Å². The SMILES string of the molecule is C1CC2(CCN1)CCOCO2. The predicted octanol–water partition coefficient (Wildman–Crippen LogP) is 0.503. The number of ether oxygens (including phenoxy) is 2. The molecule has 2 fully saturated rings. The Morgan fingerprint density at radius 2 is 1.91 bits per heavy atom. The lowest BCUT2D eigenvalue weighted by molar-refractivity contribution is -0.202. The van der Waals surface area contributed by atoms with Gasteiger partial charge in [0.15, 0.2) is 0 Å². The summed E-state index contributed by atoms with van der Waals surface area (Å²) in [5, 5.41) is 3.34. The first-order chi connectivity index (χ1) is 5.41. The van der Waals surface area contributed by atoms with Crippen LogP contribution in [0.25, 0.3) is 0 Å². The van der Waals surface area contributed by atoms with E-state index < -0.39 is 0 Å². The first-order valence-electron chi connectivity index (χ1n) is 4.34. The van der Waals surface area contributed by atoms with Gasteiger partial charge < -0.3 is 14.8 Å². The van der Waals surface area contributed by atoms with Crippen molar-refractivity contribution in [3.05, 3.63) is 0 Å². The van der Waals surface area contributed by atoms with E-state index in [0.29, 0.717) is 6.79 Å². The van der Waals surface area contributed by atoms with Crippen molar-refractivity contribution >= 4 is 0 Å². The minimum absolute atomic E-state index is 0.170. The Bertz CT molecular complexity index is 107. The second kappa shape index (κ2) is 3.09. The molecule has 3 nitrogen and oxygen atoms in total. The molecule has 2 rings (SSSR count). The number of piperidine rings is 1. The van der Waals surface area contributed by atoms with Gasteiger partial charge in [0.05, 0.1) is 12.2 Å². The van der Waals surface area contributed by atoms with Gasteiger partial charge in [0, 0.05) is 6.42 Å². The normalized spacial score (nSPS) is 30.5. The van der Waals surface area contributed by atoms with E-state index in [1.54, 1.807) is 0 Å². The average Bonchev–Trinajstić information content (AvgIpc) is 2.07. The fourth-order valence-electron chi connectivity index (χ4n) is 1.83. The van der Waals surface area contributed by atoms with Crippen LogP contribution in [-0.2, 0) is 9.47 Å². The lowest BCUT2D eigenvalue weighted by Crippen LogP contribution is -2.47. The summed E-state index contributed by atoms with van der Waals surface area (Å²) < 4.78 is 10.8. The lowest BCUT2D eigenvalue weighted by Gasteiger charge is -2.40. The van der Waals surface area contributed by atoms with Gasteiger partial charge >= 0.3 is 0 Å². The number of hydrogen-bond acceptors (Lipinski definition) is 3. The summed E-state index contributed by atoms with van der Waals surface area (Å²) in [6.07, 6.45) is 3.38. The molecule has 0 bridgehead atoms. The molecule has 2 saturated heterocycles. The van der Waals surface area contributed by atoms with Crippen LogP contribution in [0.4, 0.5) is 0 Å². The van der Waals surface area contributed by atoms with Crippen LogP contribution in [0.2, 0.25) is 0 Å². The quantitative estimate of drug-likeness (QED) is 0.555. The molecule has 0 atom stereocenters. The Hall–Kier alpha value is -0.120. The van der Waals surface area contributed by atoms with E-state index in [0.717, 1.165) is 39.0 Å². The Labute approximate surface area is 67.1 Å². The maximum absolute atomic E-state index is 5.64. The molecule has 3 heteroatoms. The van der Waals surface area contributed by atoms with Crippen LogP contribution in [0.5, 0.6) is 0 Å². The van der Waals surface area contributed by atoms with Crippen molar-refractivity contribution in [3.63, 3.8) is 0 Å². The van der Waals surface area contributed by atoms with Gasteiger partial charge in [-0.2, -0.15) is 0 Å². The van der Waals surface area contributed by atoms with Crippen LogP contribution in [-0.4, -0.2) is 32.1 Å². The second-order valence-corrected chi connectivity index (χ2v) is 3.35. The Balaban J connectivity index is 1.94. The number of nitrogens with one attached hydrogen (secondary N) is 1. The first-order valence-corrected chi connectivity index (χ1v) is 4.34. The molecule has 2 aliphatic rings. The number of rotatable bonds is 0. The molecular formula is C8H15NO2. The maximum atomic E-state index is 5.64. The summed E-state index contributed by atoms with van der Waals surface area (Å²) in [5.41, 5.74) is 0.170. The van der Waals surface area contributed by atoms with Gasteiger partial charge in [-0.1, -0.05) is 0 Å². The molecule has 1 N–H and O–H groups in total. The highest BCUT2D eigenvalue weighted by Gasteiger charge is 2.34. The zero-order chi connectivity index (χ0) is 7.57. The third kappa shape index (κ3) is 1.55. The highest BCUT2D eigenvalue weighted by atomic mass is 16.7. The standard InChI is InChI=1S/C8H15NO2/c1-4-9-5-2-8(1)3-6-10-7-11-8/h9H,1-7H2. The molecule has 0 unspecified atom stereocenters. The second-order valence-electron chi connectivity index (χ2n) is 3.35. The van der Waals surface area contributed by atoms with Gasteiger partial charge in [-0.15, -0.1) is 0 Å². The molecule has 11 heavy (non-hydrogen) atoms. The molecule has 0 saturated carbocycles. The summed E-state index contributed by atoms with van der Waals surface area (Å²) in [6.45, 7) is 3.57. The molecule has 0 aromatic carbocycles. The molecular weight excluding hydrogens is 142 g/mol. The minimum atomic E-state index is 0.170. The van der Waals surface area contributed by atoms with E-state index in [9.17, 15) is 0 Å². The van der Waals surface area contributed by atoms with Crippen molar-refractivity contribution in [1.29, 1.82) is 0 Å². The van der Waals surface area contributed by atoms with Gasteiger partial charge in [-0.3, -0.25) is 0 Å². The highest BCUT2D eigenvalue weighted by Crippen LogP contribution is 2.29. The predicted molar refractivity (Wildman–Crippen MR) is 41.4 cm³/mol. The van der Waals surface area contributed by atoms with E-state index in [1.165, 1.54) is 0 Å². The zero-order valence-electron chi connectivity index (χ0n) is 6.77. The van der Waals surface area contributed by atoms with Crippen molar-refractivity contribution in [2.75, 3.05) is 26.5 Å². The summed E-state index contributed by atoms with van der Waals surface area (Å²) in [6, 6.07) is 0. The zero-order valence-corrected chi connectivity index (χ0v) is 6.77. The Kier molecular flexibility index (Phi) is 2.11. The van der Waals surface area contributed by atoms with Crippen LogP contribution in [0, 0.1) is 0 Å². The van der Waals surface area contributed by atoms with Crippen LogP contribution in [0.1, 0.15) is 19.3 Å². The van der Waals surface area contributed by atoms with Gasteiger partial charge in [0.25, 0.3) is 0 Å². The molecule has 0 amide bonds. The Morgan fingerprint density at radius 3 is 2.55 bits per heavy atom. The third-order valence-electron chi connectivity index (χ3n) is 2.67. The van der Waals surface area contributed by atoms with E-state index in [-0.39, 0.29) is 5.60 Å². The highest BCUT2D eigenvalue weighted by molar-refractivity contribution is 4.86. The molecule has 64 valence electrons. The lowest BCUT2D eigenvalue weighted by atomic mass is 9.89. The van der Waals surface area contributed by atoms with Crippen LogP contribution < -0.4 is 5.32 Å². The number of hydrogen-bond donors (Lipinski definition) is 1. The molecule has 2 aliphatic heterocycles. The fraction of sp³-hybridized carbons (Fsp3) is 1.00. The molecule has 2 heterocycles. The average molecular weight is 157 g/mol. The van der Waals surface area contributed by atoms with Gasteiger partial charge in [-0.25, -0.2) is 0 Å². The minimum Gasteiger partial charge on any atom is -0.355 e. The molecule has 0 aromatic rings. The molecule has 0 aromatic heterocycles. The van der Waals surface area contributed by atoms with Gasteiger partial charge in [0.2, 0.25) is 0 Å². The van der Waals surface area contributed by atoms with Crippen molar-refractivity contribution in [3.8, 4) is 0 Å². The van der Waals surface area contributed by atoms with E-state index in [1.807, 2.05) is 0 Å². The maximum Gasteiger partial charge on any atom is 0.147 e. The van der Waals surface area contributed by atoms with Crippen LogP contribution in [0.3, 0.4) is 0 Å². The summed E-state index contributed by atoms with van der Waals surface area (Å²) >= 11 is 0. The van der Waals surface area contributed by atoms with E-state index in [2.05, 4.69) is 5.32 Å². The van der Waals surface area contributed by atoms with E-state index in [4.69, 9.17) is 9.47 Å². The van der Waals surface area contributed by atoms with Gasteiger partial charge in [0.1, 0.15) is 6.79 Å². The first kappa shape index (κ1) is 7.53. The molecule has 0 radical (unpaired) electrons. The van der Waals surface area contributed by atoms with Gasteiger partial charge in [-0.05, 0) is 25.9 Å².